The molecular formula is C23H28N2O5. The maximum Gasteiger partial charge on any atom is 0.326 e. The Hall–Kier alpha value is -3.35. The van der Waals surface area contributed by atoms with Gasteiger partial charge < -0.3 is 20.1 Å². The number of carbonyl (C=O) groups excluding carboxylic acids is 3. The van der Waals surface area contributed by atoms with E-state index in [1.165, 1.54) is 14.0 Å². The summed E-state index contributed by atoms with van der Waals surface area (Å²) in [5, 5.41) is 5.29. The van der Waals surface area contributed by atoms with Crippen molar-refractivity contribution in [1.82, 2.24) is 5.32 Å². The average Bonchev–Trinajstić information content (AvgIpc) is 2.77. The predicted octanol–water partition coefficient (Wildman–Crippen LogP) is 3.51. The number of rotatable bonds is 9. The highest BCUT2D eigenvalue weighted by Gasteiger charge is 2.20. The smallest absolute Gasteiger partial charge is 0.326 e. The first kappa shape index (κ1) is 22.9. The van der Waals surface area contributed by atoms with Crippen LogP contribution >= 0.6 is 0 Å². The fourth-order valence-electron chi connectivity index (χ4n) is 2.87. The van der Waals surface area contributed by atoms with Gasteiger partial charge in [0.15, 0.2) is 6.10 Å². The van der Waals surface area contributed by atoms with Crippen LogP contribution in [0.25, 0.3) is 0 Å². The first-order valence-corrected chi connectivity index (χ1v) is 9.87. The molecule has 2 aromatic carbocycles. The Morgan fingerprint density at radius 3 is 2.37 bits per heavy atom. The minimum atomic E-state index is -1.01. The quantitative estimate of drug-likeness (QED) is 0.615. The summed E-state index contributed by atoms with van der Waals surface area (Å²) < 4.78 is 10.3. The molecular weight excluding hydrogens is 384 g/mol. The molecule has 7 heteroatoms. The van der Waals surface area contributed by atoms with Gasteiger partial charge in [-0.05, 0) is 43.0 Å². The van der Waals surface area contributed by atoms with Crippen molar-refractivity contribution in [1.29, 1.82) is 0 Å². The van der Waals surface area contributed by atoms with Crippen LogP contribution in [-0.2, 0) is 14.3 Å². The van der Waals surface area contributed by atoms with Crippen LogP contribution in [0.2, 0.25) is 0 Å². The number of benzene rings is 2. The number of hydrogen-bond acceptors (Lipinski definition) is 5. The largest absolute Gasteiger partial charge is 0.496 e. The summed E-state index contributed by atoms with van der Waals surface area (Å²) in [5.74, 6) is -0.934. The predicted molar refractivity (Wildman–Crippen MR) is 115 cm³/mol. The first-order chi connectivity index (χ1) is 14.4. The molecule has 160 valence electrons. The minimum Gasteiger partial charge on any atom is -0.496 e. The SMILES string of the molecule is CC[C@@H](C)c1ccccc1NC(=O)[C@@H](C)OC(=O)CNC(=O)c1ccccc1OC. The molecule has 0 spiro atoms. The van der Waals surface area contributed by atoms with Gasteiger partial charge in [-0.1, -0.05) is 44.2 Å². The van der Waals surface area contributed by atoms with E-state index < -0.39 is 23.9 Å². The number of nitrogens with one attached hydrogen (secondary N) is 2. The lowest BCUT2D eigenvalue weighted by atomic mass is 9.97. The fraction of sp³-hybridized carbons (Fsp3) is 0.348. The Bertz CT molecular complexity index is 897. The van der Waals surface area contributed by atoms with Gasteiger partial charge in [-0.25, -0.2) is 0 Å². The summed E-state index contributed by atoms with van der Waals surface area (Å²) >= 11 is 0. The van der Waals surface area contributed by atoms with Gasteiger partial charge in [0.05, 0.1) is 12.7 Å². The maximum absolute atomic E-state index is 12.5. The molecule has 0 bridgehead atoms. The van der Waals surface area contributed by atoms with Gasteiger partial charge in [0.1, 0.15) is 12.3 Å². The first-order valence-electron chi connectivity index (χ1n) is 9.87. The van der Waals surface area contributed by atoms with E-state index in [-0.39, 0.29) is 12.5 Å². The van der Waals surface area contributed by atoms with E-state index in [9.17, 15) is 14.4 Å². The van der Waals surface area contributed by atoms with E-state index in [4.69, 9.17) is 9.47 Å². The van der Waals surface area contributed by atoms with Crippen molar-refractivity contribution in [2.45, 2.75) is 39.2 Å². The molecule has 2 N–H and O–H groups in total. The molecule has 2 aromatic rings. The average molecular weight is 412 g/mol. The molecule has 2 atom stereocenters. The van der Waals surface area contributed by atoms with Gasteiger partial charge in [-0.2, -0.15) is 0 Å². The van der Waals surface area contributed by atoms with Gasteiger partial charge in [0, 0.05) is 5.69 Å². The molecule has 0 heterocycles. The zero-order valence-electron chi connectivity index (χ0n) is 17.7. The van der Waals surface area contributed by atoms with Gasteiger partial charge in [0.2, 0.25) is 0 Å². The van der Waals surface area contributed by atoms with E-state index in [1.54, 1.807) is 24.3 Å². The van der Waals surface area contributed by atoms with E-state index in [2.05, 4.69) is 24.5 Å². The lowest BCUT2D eigenvalue weighted by Crippen LogP contribution is -2.36. The number of esters is 1. The summed E-state index contributed by atoms with van der Waals surface area (Å²) in [4.78, 5) is 36.8. The van der Waals surface area contributed by atoms with Gasteiger partial charge >= 0.3 is 5.97 Å². The van der Waals surface area contributed by atoms with Crippen molar-refractivity contribution < 1.29 is 23.9 Å². The monoisotopic (exact) mass is 412 g/mol. The number of amides is 2. The minimum absolute atomic E-state index is 0.282. The molecule has 2 amide bonds. The Balaban J connectivity index is 1.90. The number of ether oxygens (including phenoxy) is 2. The Morgan fingerprint density at radius 1 is 1.00 bits per heavy atom. The molecule has 0 aliphatic carbocycles. The van der Waals surface area contributed by atoms with Crippen molar-refractivity contribution in [3.05, 3.63) is 59.7 Å². The second-order valence-electron chi connectivity index (χ2n) is 6.90. The highest BCUT2D eigenvalue weighted by molar-refractivity contribution is 5.99. The topological polar surface area (TPSA) is 93.7 Å². The highest BCUT2D eigenvalue weighted by atomic mass is 16.5. The molecule has 0 saturated heterocycles. The van der Waals surface area contributed by atoms with Crippen LogP contribution in [0.3, 0.4) is 0 Å². The molecule has 30 heavy (non-hydrogen) atoms. The standard InChI is InChI=1S/C23H28N2O5/c1-5-15(2)17-10-6-8-12-19(17)25-22(27)16(3)30-21(26)14-24-23(28)18-11-7-9-13-20(18)29-4/h6-13,15-16H,5,14H2,1-4H3,(H,24,28)(H,25,27)/t15-,16-/m1/s1. The summed E-state index contributed by atoms with van der Waals surface area (Å²) in [6.45, 7) is 5.28. The third-order valence-electron chi connectivity index (χ3n) is 4.78. The molecule has 7 nitrogen and oxygen atoms in total. The summed E-state index contributed by atoms with van der Waals surface area (Å²) in [6.07, 6.45) is -0.0748. The van der Waals surface area contributed by atoms with Crippen LogP contribution < -0.4 is 15.4 Å². The number of para-hydroxylation sites is 2. The highest BCUT2D eigenvalue weighted by Crippen LogP contribution is 2.26. The zero-order valence-corrected chi connectivity index (χ0v) is 17.7. The summed E-state index contributed by atoms with van der Waals surface area (Å²) in [6, 6.07) is 14.2. The molecule has 0 unspecified atom stereocenters. The number of anilines is 1. The van der Waals surface area contributed by atoms with Crippen molar-refractivity contribution in [2.75, 3.05) is 19.0 Å². The summed E-state index contributed by atoms with van der Waals surface area (Å²) in [7, 11) is 1.46. The van der Waals surface area contributed by atoms with Crippen LogP contribution in [0.4, 0.5) is 5.69 Å². The second-order valence-corrected chi connectivity index (χ2v) is 6.90. The van der Waals surface area contributed by atoms with E-state index in [0.717, 1.165) is 12.0 Å². The molecule has 0 aliphatic rings. The lowest BCUT2D eigenvalue weighted by Gasteiger charge is -2.18. The number of carbonyl (C=O) groups is 3. The number of methoxy groups -OCH3 is 1. The lowest BCUT2D eigenvalue weighted by molar-refractivity contribution is -0.152. The summed E-state index contributed by atoms with van der Waals surface area (Å²) in [5.41, 5.74) is 2.03. The van der Waals surface area contributed by atoms with E-state index in [0.29, 0.717) is 17.0 Å². The normalized spacial score (nSPS) is 12.4. The molecule has 0 fully saturated rings. The van der Waals surface area contributed by atoms with Gasteiger partial charge in [-0.15, -0.1) is 0 Å². The van der Waals surface area contributed by atoms with Crippen molar-refractivity contribution in [3.63, 3.8) is 0 Å². The van der Waals surface area contributed by atoms with Crippen LogP contribution in [0, 0.1) is 0 Å². The molecule has 0 saturated carbocycles. The van der Waals surface area contributed by atoms with E-state index in [1.807, 2.05) is 24.3 Å². The third-order valence-corrected chi connectivity index (χ3v) is 4.78. The van der Waals surface area contributed by atoms with Crippen molar-refractivity contribution in [2.24, 2.45) is 0 Å². The van der Waals surface area contributed by atoms with Crippen LogP contribution in [0.15, 0.2) is 48.5 Å². The molecule has 2 rings (SSSR count). The maximum atomic E-state index is 12.5. The van der Waals surface area contributed by atoms with Crippen molar-refractivity contribution >= 4 is 23.5 Å². The number of hydrogen-bond donors (Lipinski definition) is 2. The van der Waals surface area contributed by atoms with E-state index >= 15 is 0 Å². The van der Waals surface area contributed by atoms with Crippen LogP contribution in [-0.4, -0.2) is 37.5 Å². The Labute approximate surface area is 176 Å². The molecule has 0 aliphatic heterocycles. The van der Waals surface area contributed by atoms with Crippen molar-refractivity contribution in [3.8, 4) is 5.75 Å². The van der Waals surface area contributed by atoms with Crippen LogP contribution in [0.5, 0.6) is 5.75 Å². The Kier molecular flexibility index (Phi) is 8.41. The third kappa shape index (κ3) is 6.07. The Morgan fingerprint density at radius 2 is 1.67 bits per heavy atom. The molecule has 0 aromatic heterocycles. The molecule has 0 radical (unpaired) electrons. The fourth-order valence-corrected chi connectivity index (χ4v) is 2.87. The second kappa shape index (κ2) is 11.0. The van der Waals surface area contributed by atoms with Gasteiger partial charge in [0.25, 0.3) is 11.8 Å². The zero-order chi connectivity index (χ0) is 22.1. The van der Waals surface area contributed by atoms with Gasteiger partial charge in [-0.3, -0.25) is 14.4 Å². The van der Waals surface area contributed by atoms with Crippen LogP contribution in [0.1, 0.15) is 49.0 Å².